The highest BCUT2D eigenvalue weighted by molar-refractivity contribution is 7.93. The van der Waals surface area contributed by atoms with E-state index in [0.717, 1.165) is 18.4 Å². The van der Waals surface area contributed by atoms with Crippen molar-refractivity contribution in [3.05, 3.63) is 54.6 Å². The molecule has 3 N–H and O–H groups in total. The standard InChI is InChI=1S/C27H25FN6O2S/c1-3-6-22(35)32-19-11-12-20(21(28)15-19)25-23(24-26(29)30-16-31-27(24)34(25)2)17-7-9-18(10-8-17)33-37(36)13-4-5-14-37/h7-12,15-16H,4-5,13-14H2,1-2H3,(H,32,35)(H2,29,30,31). The summed E-state index contributed by atoms with van der Waals surface area (Å²) in [6.07, 6.45) is 3.23. The Balaban J connectivity index is 1.65. The molecular formula is C27H25FN6O2S. The number of halogens is 1. The molecule has 5 rings (SSSR count). The van der Waals surface area contributed by atoms with E-state index in [9.17, 15) is 9.00 Å². The number of aryl methyl sites for hydroxylation is 1. The molecule has 1 saturated heterocycles. The third-order valence-corrected chi connectivity index (χ3v) is 8.72. The SMILES string of the molecule is CC#CC(=O)Nc1ccc(-c2c(-c3ccc(N=S4(=O)CCCC4)cc3)c3c(N)ncnc3n2C)c(F)c1. The average molecular weight is 517 g/mol. The van der Waals surface area contributed by atoms with Crippen molar-refractivity contribution in [2.75, 3.05) is 22.6 Å². The first-order valence-electron chi connectivity index (χ1n) is 11.7. The summed E-state index contributed by atoms with van der Waals surface area (Å²) in [5.74, 6) is 5.34. The normalized spacial score (nSPS) is 14.2. The van der Waals surface area contributed by atoms with Gasteiger partial charge in [-0.1, -0.05) is 18.1 Å². The lowest BCUT2D eigenvalue weighted by atomic mass is 9.98. The van der Waals surface area contributed by atoms with Crippen LogP contribution in [0.4, 0.5) is 21.6 Å². The highest BCUT2D eigenvalue weighted by atomic mass is 32.2. The van der Waals surface area contributed by atoms with Crippen LogP contribution in [-0.4, -0.2) is 36.2 Å². The van der Waals surface area contributed by atoms with E-state index in [4.69, 9.17) is 5.73 Å². The van der Waals surface area contributed by atoms with Crippen LogP contribution in [-0.2, 0) is 21.6 Å². The Morgan fingerprint density at radius 2 is 1.89 bits per heavy atom. The summed E-state index contributed by atoms with van der Waals surface area (Å²) in [4.78, 5) is 20.4. The van der Waals surface area contributed by atoms with E-state index in [-0.39, 0.29) is 5.82 Å². The van der Waals surface area contributed by atoms with Crippen LogP contribution in [0, 0.1) is 17.7 Å². The number of aromatic nitrogens is 3. The second kappa shape index (κ2) is 9.67. The third-order valence-electron chi connectivity index (χ3n) is 6.32. The minimum atomic E-state index is -2.20. The Bertz CT molecular complexity index is 1710. The number of anilines is 2. The molecule has 8 nitrogen and oxygen atoms in total. The second-order valence-corrected chi connectivity index (χ2v) is 11.3. The summed E-state index contributed by atoms with van der Waals surface area (Å²) in [5.41, 5.74) is 10.1. The Labute approximate surface area is 214 Å². The van der Waals surface area contributed by atoms with E-state index >= 15 is 4.39 Å². The number of amides is 1. The first-order valence-corrected chi connectivity index (χ1v) is 13.6. The molecule has 0 saturated carbocycles. The van der Waals surface area contributed by atoms with Gasteiger partial charge in [0.1, 0.15) is 23.6 Å². The molecule has 0 bridgehead atoms. The molecule has 1 amide bonds. The van der Waals surface area contributed by atoms with Gasteiger partial charge in [-0.25, -0.2) is 18.6 Å². The van der Waals surface area contributed by atoms with Gasteiger partial charge in [-0.2, -0.15) is 4.36 Å². The van der Waals surface area contributed by atoms with Crippen molar-refractivity contribution in [2.45, 2.75) is 19.8 Å². The lowest BCUT2D eigenvalue weighted by Gasteiger charge is -2.12. The summed E-state index contributed by atoms with van der Waals surface area (Å²) in [6.45, 7) is 1.55. The van der Waals surface area contributed by atoms with Crippen LogP contribution in [0.25, 0.3) is 33.4 Å². The zero-order chi connectivity index (χ0) is 26.2. The topological polar surface area (TPSA) is 115 Å². The number of fused-ring (bicyclic) bond motifs is 1. The van der Waals surface area contributed by atoms with Gasteiger partial charge in [-0.3, -0.25) is 4.79 Å². The van der Waals surface area contributed by atoms with Crippen LogP contribution in [0.1, 0.15) is 19.8 Å². The van der Waals surface area contributed by atoms with E-state index < -0.39 is 21.5 Å². The fourth-order valence-corrected chi connectivity index (χ4v) is 6.87. The van der Waals surface area contributed by atoms with E-state index in [1.165, 1.54) is 12.4 Å². The van der Waals surface area contributed by atoms with E-state index in [0.29, 0.717) is 50.7 Å². The summed E-state index contributed by atoms with van der Waals surface area (Å²) in [5, 5.41) is 3.16. The maximum absolute atomic E-state index is 15.5. The lowest BCUT2D eigenvalue weighted by molar-refractivity contribution is -0.111. The monoisotopic (exact) mass is 516 g/mol. The fraction of sp³-hybridized carbons (Fsp3) is 0.222. The number of nitrogens with two attached hydrogens (primary N) is 1. The smallest absolute Gasteiger partial charge is 0.300 e. The zero-order valence-electron chi connectivity index (χ0n) is 20.4. The van der Waals surface area contributed by atoms with Crippen molar-refractivity contribution < 1.29 is 13.4 Å². The Morgan fingerprint density at radius 3 is 2.57 bits per heavy atom. The van der Waals surface area contributed by atoms with Crippen LogP contribution < -0.4 is 11.1 Å². The van der Waals surface area contributed by atoms with Crippen LogP contribution in [0.5, 0.6) is 0 Å². The van der Waals surface area contributed by atoms with Crippen molar-refractivity contribution in [1.29, 1.82) is 0 Å². The molecule has 0 spiro atoms. The number of carbonyl (C=O) groups is 1. The maximum Gasteiger partial charge on any atom is 0.300 e. The third kappa shape index (κ3) is 4.66. The van der Waals surface area contributed by atoms with Gasteiger partial charge in [0.05, 0.1) is 26.5 Å². The van der Waals surface area contributed by atoms with Gasteiger partial charge in [0, 0.05) is 35.4 Å². The van der Waals surface area contributed by atoms with Crippen LogP contribution in [0.3, 0.4) is 0 Å². The van der Waals surface area contributed by atoms with Crippen LogP contribution >= 0.6 is 0 Å². The number of benzene rings is 2. The van der Waals surface area contributed by atoms with Crippen molar-refractivity contribution in [3.63, 3.8) is 0 Å². The molecule has 4 aromatic rings. The van der Waals surface area contributed by atoms with Crippen LogP contribution in [0.2, 0.25) is 0 Å². The van der Waals surface area contributed by atoms with E-state index in [1.54, 1.807) is 30.7 Å². The average Bonchev–Trinajstić information content (AvgIpc) is 3.42. The number of carbonyl (C=O) groups excluding carboxylic acids is 1. The van der Waals surface area contributed by atoms with Crippen molar-refractivity contribution in [1.82, 2.24) is 14.5 Å². The Hall–Kier alpha value is -4.23. The van der Waals surface area contributed by atoms with Gasteiger partial charge in [0.15, 0.2) is 0 Å². The number of rotatable bonds is 4. The lowest BCUT2D eigenvalue weighted by Crippen LogP contribution is -2.08. The molecule has 1 fully saturated rings. The Morgan fingerprint density at radius 1 is 1.16 bits per heavy atom. The van der Waals surface area contributed by atoms with Crippen molar-refractivity contribution >= 4 is 43.9 Å². The molecule has 1 aliphatic rings. The van der Waals surface area contributed by atoms with Gasteiger partial charge in [0.25, 0.3) is 5.91 Å². The molecule has 2 aromatic heterocycles. The predicted molar refractivity (Wildman–Crippen MR) is 145 cm³/mol. The molecule has 3 heterocycles. The number of nitrogens with zero attached hydrogens (tertiary/aromatic N) is 4. The van der Waals surface area contributed by atoms with Crippen molar-refractivity contribution in [3.8, 4) is 34.2 Å². The maximum atomic E-state index is 15.5. The Kier molecular flexibility index (Phi) is 6.39. The summed E-state index contributed by atoms with van der Waals surface area (Å²) in [7, 11) is -0.416. The first kappa shape index (κ1) is 24.5. The zero-order valence-corrected chi connectivity index (χ0v) is 21.2. The molecule has 37 heavy (non-hydrogen) atoms. The molecule has 0 atom stereocenters. The predicted octanol–water partition coefficient (Wildman–Crippen LogP) is 4.88. The highest BCUT2D eigenvalue weighted by Crippen LogP contribution is 2.43. The van der Waals surface area contributed by atoms with Crippen LogP contribution in [0.15, 0.2) is 53.2 Å². The minimum Gasteiger partial charge on any atom is -0.383 e. The number of nitrogen functional groups attached to an aromatic ring is 1. The number of nitrogens with one attached hydrogen (secondary N) is 1. The molecule has 0 unspecified atom stereocenters. The summed E-state index contributed by atoms with van der Waals surface area (Å²) < 4.78 is 34.7. The van der Waals surface area contributed by atoms with Gasteiger partial charge in [-0.05, 0) is 61.6 Å². The van der Waals surface area contributed by atoms with Gasteiger partial charge in [-0.15, -0.1) is 0 Å². The molecule has 0 radical (unpaired) electrons. The van der Waals surface area contributed by atoms with Gasteiger partial charge >= 0.3 is 0 Å². The molecule has 0 aliphatic carbocycles. The van der Waals surface area contributed by atoms with E-state index in [2.05, 4.69) is 31.5 Å². The molecule has 188 valence electrons. The first-order chi connectivity index (χ1) is 17.8. The highest BCUT2D eigenvalue weighted by Gasteiger charge is 2.24. The van der Waals surface area contributed by atoms with Gasteiger partial charge in [0.2, 0.25) is 0 Å². The summed E-state index contributed by atoms with van der Waals surface area (Å²) >= 11 is 0. The quantitative estimate of drug-likeness (QED) is 0.375. The number of hydrogen-bond donors (Lipinski definition) is 2. The molecular weight excluding hydrogens is 491 g/mol. The van der Waals surface area contributed by atoms with Crippen molar-refractivity contribution in [2.24, 2.45) is 11.4 Å². The molecule has 10 heteroatoms. The summed E-state index contributed by atoms with van der Waals surface area (Å²) in [6, 6.07) is 11.8. The van der Waals surface area contributed by atoms with Gasteiger partial charge < -0.3 is 15.6 Å². The fourth-order valence-electron chi connectivity index (χ4n) is 4.66. The second-order valence-electron chi connectivity index (χ2n) is 8.79. The molecule has 1 aliphatic heterocycles. The minimum absolute atomic E-state index is 0.270. The number of hydrogen-bond acceptors (Lipinski definition) is 6. The van der Waals surface area contributed by atoms with E-state index in [1.807, 2.05) is 24.3 Å². The molecule has 2 aromatic carbocycles. The largest absolute Gasteiger partial charge is 0.383 e.